The SMILES string of the molecule is COc1ccc(CCN2C(=O)NC(=O)[C@@]3(Cc4c(nc5c(C)cccn5c4=O)N4CCc5ccccc5[C@@H]43)C2=O)cc1OC. The van der Waals surface area contributed by atoms with Crippen molar-refractivity contribution < 1.29 is 23.9 Å². The number of barbiturate groups is 1. The highest BCUT2D eigenvalue weighted by atomic mass is 16.5. The van der Waals surface area contributed by atoms with Crippen molar-refractivity contribution in [3.63, 3.8) is 0 Å². The van der Waals surface area contributed by atoms with Crippen LogP contribution in [0, 0.1) is 12.3 Å². The van der Waals surface area contributed by atoms with E-state index in [2.05, 4.69) is 5.32 Å². The molecule has 0 unspecified atom stereocenters. The number of aryl methyl sites for hydroxylation is 1. The van der Waals surface area contributed by atoms with Crippen LogP contribution >= 0.6 is 0 Å². The molecule has 1 fully saturated rings. The van der Waals surface area contributed by atoms with E-state index in [1.165, 1.54) is 11.5 Å². The summed E-state index contributed by atoms with van der Waals surface area (Å²) in [6.45, 7) is 2.36. The van der Waals surface area contributed by atoms with Gasteiger partial charge in [0.15, 0.2) is 16.9 Å². The summed E-state index contributed by atoms with van der Waals surface area (Å²) in [5.74, 6) is 0.231. The third-order valence-electron chi connectivity index (χ3n) is 9.17. The number of methoxy groups -OCH3 is 2. The average molecular weight is 594 g/mol. The first-order chi connectivity index (χ1) is 21.3. The lowest BCUT2D eigenvalue weighted by Gasteiger charge is -2.53. The van der Waals surface area contributed by atoms with Gasteiger partial charge in [0.1, 0.15) is 11.5 Å². The predicted molar refractivity (Wildman–Crippen MR) is 161 cm³/mol. The number of carbonyl (C=O) groups is 3. The van der Waals surface area contributed by atoms with Crippen molar-refractivity contribution >= 4 is 29.3 Å². The van der Waals surface area contributed by atoms with Crippen molar-refractivity contribution in [2.45, 2.75) is 32.2 Å². The molecule has 11 heteroatoms. The Morgan fingerprint density at radius 2 is 1.80 bits per heavy atom. The number of imide groups is 2. The van der Waals surface area contributed by atoms with Crippen molar-refractivity contribution in [1.29, 1.82) is 0 Å². The van der Waals surface area contributed by atoms with Gasteiger partial charge < -0.3 is 14.4 Å². The molecule has 1 spiro atoms. The number of ether oxygens (including phenoxy) is 2. The van der Waals surface area contributed by atoms with Crippen LogP contribution in [0.2, 0.25) is 0 Å². The fraction of sp³-hybridized carbons (Fsp3) is 0.303. The van der Waals surface area contributed by atoms with E-state index in [1.807, 2.05) is 48.2 Å². The second kappa shape index (κ2) is 10.2. The van der Waals surface area contributed by atoms with Crippen LogP contribution in [0.25, 0.3) is 5.65 Å². The molecular formula is C33H31N5O6. The minimum absolute atomic E-state index is 0.0184. The molecule has 4 aromatic rings. The van der Waals surface area contributed by atoms with Gasteiger partial charge in [-0.1, -0.05) is 36.4 Å². The zero-order chi connectivity index (χ0) is 30.7. The summed E-state index contributed by atoms with van der Waals surface area (Å²) in [6, 6.07) is 15.2. The molecule has 224 valence electrons. The van der Waals surface area contributed by atoms with Gasteiger partial charge in [0.25, 0.3) is 5.56 Å². The zero-order valence-corrected chi connectivity index (χ0v) is 24.6. The second-order valence-corrected chi connectivity index (χ2v) is 11.5. The van der Waals surface area contributed by atoms with E-state index >= 15 is 0 Å². The second-order valence-electron chi connectivity index (χ2n) is 11.5. The Balaban J connectivity index is 1.36. The van der Waals surface area contributed by atoms with Crippen molar-refractivity contribution in [1.82, 2.24) is 19.6 Å². The molecule has 0 saturated carbocycles. The maximum absolute atomic E-state index is 14.7. The number of urea groups is 1. The standard InChI is InChI=1S/C33H31N5O6/c1-19-7-6-14-37-27(19)34-28-23(29(37)39)18-33(26-22-9-5-4-8-21(22)13-16-36(26)28)30(40)35-32(42)38(31(33)41)15-12-20-10-11-24(43-2)25(17-20)44-3/h4-11,14,17,26H,12-13,15-16,18H2,1-3H3,(H,35,40,42)/t26-,33+/m1/s1. The summed E-state index contributed by atoms with van der Waals surface area (Å²) in [5.41, 5.74) is 2.18. The molecule has 11 nitrogen and oxygen atoms in total. The smallest absolute Gasteiger partial charge is 0.330 e. The first-order valence-corrected chi connectivity index (χ1v) is 14.5. The van der Waals surface area contributed by atoms with Gasteiger partial charge in [-0.05, 0) is 60.2 Å². The number of amides is 4. The number of carbonyl (C=O) groups excluding carboxylic acids is 3. The maximum atomic E-state index is 14.7. The Morgan fingerprint density at radius 3 is 2.59 bits per heavy atom. The molecule has 2 aromatic heterocycles. The monoisotopic (exact) mass is 593 g/mol. The molecule has 44 heavy (non-hydrogen) atoms. The predicted octanol–water partition coefficient (Wildman–Crippen LogP) is 2.99. The molecule has 3 aliphatic rings. The number of rotatable bonds is 5. The van der Waals surface area contributed by atoms with Gasteiger partial charge in [0, 0.05) is 25.7 Å². The topological polar surface area (TPSA) is 123 Å². The van der Waals surface area contributed by atoms with Crippen LogP contribution in [0.15, 0.2) is 65.6 Å². The fourth-order valence-electron chi connectivity index (χ4n) is 7.00. The maximum Gasteiger partial charge on any atom is 0.330 e. The molecule has 1 saturated heterocycles. The van der Waals surface area contributed by atoms with Gasteiger partial charge >= 0.3 is 6.03 Å². The minimum atomic E-state index is -1.77. The quantitative estimate of drug-likeness (QED) is 0.351. The first kappa shape index (κ1) is 27.6. The number of hydrogen-bond donors (Lipinski definition) is 1. The van der Waals surface area contributed by atoms with Crippen LogP contribution in [0.1, 0.15) is 33.9 Å². The van der Waals surface area contributed by atoms with Gasteiger partial charge in [-0.2, -0.15) is 0 Å². The van der Waals surface area contributed by atoms with Crippen molar-refractivity contribution in [2.24, 2.45) is 5.41 Å². The minimum Gasteiger partial charge on any atom is -0.493 e. The summed E-state index contributed by atoms with van der Waals surface area (Å²) in [4.78, 5) is 64.1. The third-order valence-corrected chi connectivity index (χ3v) is 9.17. The molecule has 3 aliphatic heterocycles. The van der Waals surface area contributed by atoms with Gasteiger partial charge in [-0.25, -0.2) is 9.78 Å². The molecule has 7 rings (SSSR count). The molecule has 4 amide bonds. The highest BCUT2D eigenvalue weighted by molar-refractivity contribution is 6.20. The third kappa shape index (κ3) is 3.91. The lowest BCUT2D eigenvalue weighted by atomic mass is 9.65. The number of fused-ring (bicyclic) bond motifs is 7. The average Bonchev–Trinajstić information content (AvgIpc) is 3.04. The van der Waals surface area contributed by atoms with Gasteiger partial charge in [0.2, 0.25) is 11.8 Å². The van der Waals surface area contributed by atoms with Gasteiger partial charge in [-0.3, -0.25) is 29.0 Å². The lowest BCUT2D eigenvalue weighted by molar-refractivity contribution is -0.154. The largest absolute Gasteiger partial charge is 0.493 e. The van der Waals surface area contributed by atoms with E-state index in [0.29, 0.717) is 42.4 Å². The Morgan fingerprint density at radius 1 is 1.00 bits per heavy atom. The van der Waals surface area contributed by atoms with Crippen molar-refractivity contribution in [3.05, 3.63) is 99.0 Å². The van der Waals surface area contributed by atoms with Crippen LogP contribution in [0.3, 0.4) is 0 Å². The summed E-state index contributed by atoms with van der Waals surface area (Å²) < 4.78 is 12.2. The highest BCUT2D eigenvalue weighted by Crippen LogP contribution is 2.52. The molecule has 1 N–H and O–H groups in total. The van der Waals surface area contributed by atoms with E-state index in [0.717, 1.165) is 27.2 Å². The number of aromatic nitrogens is 2. The van der Waals surface area contributed by atoms with E-state index in [1.54, 1.807) is 31.5 Å². The van der Waals surface area contributed by atoms with Crippen LogP contribution in [-0.4, -0.2) is 59.4 Å². The summed E-state index contributed by atoms with van der Waals surface area (Å²) in [5, 5.41) is 2.48. The van der Waals surface area contributed by atoms with Crippen LogP contribution in [0.4, 0.5) is 10.6 Å². The van der Waals surface area contributed by atoms with Gasteiger partial charge in [-0.15, -0.1) is 0 Å². The zero-order valence-electron chi connectivity index (χ0n) is 24.6. The van der Waals surface area contributed by atoms with Crippen molar-refractivity contribution in [2.75, 3.05) is 32.2 Å². The van der Waals surface area contributed by atoms with E-state index in [4.69, 9.17) is 14.5 Å². The van der Waals surface area contributed by atoms with Crippen LogP contribution in [-0.2, 0) is 28.9 Å². The molecule has 0 bridgehead atoms. The number of pyridine rings is 1. The Labute approximate surface area is 253 Å². The lowest BCUT2D eigenvalue weighted by Crippen LogP contribution is -2.70. The molecule has 2 aromatic carbocycles. The number of anilines is 1. The normalized spacial score (nSPS) is 20.7. The molecular weight excluding hydrogens is 562 g/mol. The molecule has 2 atom stereocenters. The Hall–Kier alpha value is -5.19. The Kier molecular flexibility index (Phi) is 6.42. The molecule has 0 radical (unpaired) electrons. The highest BCUT2D eigenvalue weighted by Gasteiger charge is 2.64. The van der Waals surface area contributed by atoms with Crippen molar-refractivity contribution in [3.8, 4) is 11.5 Å². The first-order valence-electron chi connectivity index (χ1n) is 14.5. The molecule has 0 aliphatic carbocycles. The Bertz CT molecular complexity index is 1940. The fourth-order valence-corrected chi connectivity index (χ4v) is 7.00. The number of benzene rings is 2. The summed E-state index contributed by atoms with van der Waals surface area (Å²) in [7, 11) is 3.08. The number of hydrogen-bond acceptors (Lipinski definition) is 8. The van der Waals surface area contributed by atoms with Crippen LogP contribution in [0.5, 0.6) is 11.5 Å². The van der Waals surface area contributed by atoms with Crippen LogP contribution < -0.4 is 25.2 Å². The van der Waals surface area contributed by atoms with Gasteiger partial charge in [0.05, 0.1) is 25.8 Å². The summed E-state index contributed by atoms with van der Waals surface area (Å²) in [6.07, 6.45) is 2.42. The number of nitrogens with zero attached hydrogens (tertiary/aromatic N) is 4. The number of nitrogens with one attached hydrogen (secondary N) is 1. The molecule has 5 heterocycles. The van der Waals surface area contributed by atoms with E-state index < -0.39 is 29.3 Å². The van der Waals surface area contributed by atoms with E-state index in [9.17, 15) is 19.2 Å². The summed E-state index contributed by atoms with van der Waals surface area (Å²) >= 11 is 0. The van der Waals surface area contributed by atoms with E-state index in [-0.39, 0.29) is 24.1 Å².